The van der Waals surface area contributed by atoms with Crippen molar-refractivity contribution in [1.82, 2.24) is 39.3 Å². The van der Waals surface area contributed by atoms with Gasteiger partial charge in [-0.15, -0.1) is 10.2 Å². The van der Waals surface area contributed by atoms with Crippen LogP contribution in [0.3, 0.4) is 0 Å². The Balaban J connectivity index is 1.58. The van der Waals surface area contributed by atoms with Crippen molar-refractivity contribution in [3.05, 3.63) is 80.8 Å². The lowest BCUT2D eigenvalue weighted by Gasteiger charge is -2.12. The van der Waals surface area contributed by atoms with E-state index in [1.54, 1.807) is 4.57 Å². The maximum Gasteiger partial charge on any atom is 0.332 e. The third-order valence-corrected chi connectivity index (χ3v) is 6.55. The minimum absolute atomic E-state index is 0.282. The lowest BCUT2D eigenvalue weighted by atomic mass is 9.98. The van der Waals surface area contributed by atoms with Gasteiger partial charge in [0.1, 0.15) is 5.82 Å². The van der Waals surface area contributed by atoms with E-state index in [2.05, 4.69) is 51.8 Å². The third-order valence-electron chi connectivity index (χ3n) is 6.55. The highest BCUT2D eigenvalue weighted by atomic mass is 16.2. The summed E-state index contributed by atoms with van der Waals surface area (Å²) in [5.74, 6) is 1.36. The summed E-state index contributed by atoms with van der Waals surface area (Å²) < 4.78 is 4.94. The second-order valence-electron chi connectivity index (χ2n) is 9.00. The topological polar surface area (TPSA) is 116 Å². The number of aryl methyl sites for hydroxylation is 2. The number of fused-ring (bicyclic) bond motifs is 1. The summed E-state index contributed by atoms with van der Waals surface area (Å²) in [6.45, 7) is 7.25. The number of H-pyrrole nitrogens is 1. The first-order valence-electron chi connectivity index (χ1n) is 12.7. The second kappa shape index (κ2) is 10.3. The molecule has 190 valence electrons. The molecule has 5 aromatic rings. The fraction of sp³-hybridized carbons (Fsp3) is 0.333. The Bertz CT molecular complexity index is 1640. The molecule has 0 fully saturated rings. The number of aromatic amines is 1. The van der Waals surface area contributed by atoms with E-state index in [9.17, 15) is 9.59 Å². The minimum Gasteiger partial charge on any atom is -0.318 e. The maximum absolute atomic E-state index is 13.4. The monoisotopic (exact) mass is 498 g/mol. The number of hydrogen-bond donors (Lipinski definition) is 1. The fourth-order valence-electron chi connectivity index (χ4n) is 4.80. The molecule has 3 heterocycles. The zero-order valence-corrected chi connectivity index (χ0v) is 21.3. The van der Waals surface area contributed by atoms with Crippen LogP contribution in [0.2, 0.25) is 0 Å². The Morgan fingerprint density at radius 1 is 0.865 bits per heavy atom. The van der Waals surface area contributed by atoms with Crippen molar-refractivity contribution in [2.45, 2.75) is 59.7 Å². The van der Waals surface area contributed by atoms with Crippen molar-refractivity contribution < 1.29 is 0 Å². The standard InChI is InChI=1S/C27H30N8O2/c1-4-9-22-28-25-23(26(36)33(6-3)27(37)34(25)16-5-2)35(22)17-18-12-14-19(15-13-18)20-10-7-8-11-21(20)24-29-31-32-30-24/h7-8,10-15H,4-6,9,16-17H2,1-3H3,(H,29,30,31,32). The summed E-state index contributed by atoms with van der Waals surface area (Å²) in [4.78, 5) is 31.2. The number of rotatable bonds is 9. The highest BCUT2D eigenvalue weighted by Crippen LogP contribution is 2.30. The number of benzene rings is 2. The molecule has 10 heteroatoms. The SMILES string of the molecule is CCCc1nc2c(c(=O)n(CC)c(=O)n2CCC)n1Cc1ccc(-c2ccccc2-c2nn[nH]n2)cc1. The zero-order valence-electron chi connectivity index (χ0n) is 21.3. The van der Waals surface area contributed by atoms with E-state index < -0.39 is 0 Å². The molecule has 1 N–H and O–H groups in total. The number of aromatic nitrogens is 8. The van der Waals surface area contributed by atoms with Crippen LogP contribution in [0.4, 0.5) is 0 Å². The van der Waals surface area contributed by atoms with Gasteiger partial charge < -0.3 is 4.57 Å². The summed E-state index contributed by atoms with van der Waals surface area (Å²) in [6, 6.07) is 16.2. The molecule has 0 saturated carbocycles. The van der Waals surface area contributed by atoms with Crippen molar-refractivity contribution in [3.8, 4) is 22.5 Å². The molecule has 0 amide bonds. The highest BCUT2D eigenvalue weighted by molar-refractivity contribution is 5.80. The molecule has 0 saturated heterocycles. The van der Waals surface area contributed by atoms with Crippen molar-refractivity contribution in [2.24, 2.45) is 0 Å². The molecule has 37 heavy (non-hydrogen) atoms. The van der Waals surface area contributed by atoms with Gasteiger partial charge in [-0.2, -0.15) is 5.21 Å². The van der Waals surface area contributed by atoms with Gasteiger partial charge in [-0.05, 0) is 41.7 Å². The summed E-state index contributed by atoms with van der Waals surface area (Å²) in [5.41, 5.74) is 4.36. The maximum atomic E-state index is 13.4. The lowest BCUT2D eigenvalue weighted by molar-refractivity contribution is 0.578. The minimum atomic E-state index is -0.292. The van der Waals surface area contributed by atoms with Gasteiger partial charge in [-0.25, -0.2) is 9.78 Å². The number of nitrogens with one attached hydrogen (secondary N) is 1. The van der Waals surface area contributed by atoms with Gasteiger partial charge in [0, 0.05) is 31.6 Å². The summed E-state index contributed by atoms with van der Waals surface area (Å²) in [6.07, 6.45) is 2.38. The van der Waals surface area contributed by atoms with Crippen molar-refractivity contribution in [3.63, 3.8) is 0 Å². The van der Waals surface area contributed by atoms with Gasteiger partial charge in [0.2, 0.25) is 5.82 Å². The molecule has 3 aromatic heterocycles. The van der Waals surface area contributed by atoms with Crippen LogP contribution in [-0.4, -0.2) is 39.3 Å². The molecule has 10 nitrogen and oxygen atoms in total. The summed E-state index contributed by atoms with van der Waals surface area (Å²) >= 11 is 0. The molecule has 5 rings (SSSR count). The van der Waals surface area contributed by atoms with E-state index in [0.717, 1.165) is 47.3 Å². The van der Waals surface area contributed by atoms with Crippen molar-refractivity contribution in [2.75, 3.05) is 0 Å². The Morgan fingerprint density at radius 3 is 2.27 bits per heavy atom. The normalized spacial score (nSPS) is 11.4. The zero-order chi connectivity index (χ0) is 25.9. The molecule has 0 spiro atoms. The molecule has 0 aliphatic heterocycles. The van der Waals surface area contributed by atoms with Crippen LogP contribution >= 0.6 is 0 Å². The van der Waals surface area contributed by atoms with Crippen LogP contribution in [0.1, 0.15) is 45.0 Å². The Kier molecular flexibility index (Phi) is 6.80. The van der Waals surface area contributed by atoms with Crippen molar-refractivity contribution in [1.29, 1.82) is 0 Å². The average molecular weight is 499 g/mol. The van der Waals surface area contributed by atoms with Crippen molar-refractivity contribution >= 4 is 11.2 Å². The van der Waals surface area contributed by atoms with Gasteiger partial charge in [0.05, 0.1) is 0 Å². The largest absolute Gasteiger partial charge is 0.332 e. The first-order chi connectivity index (χ1) is 18.1. The highest BCUT2D eigenvalue weighted by Gasteiger charge is 2.21. The molecule has 0 unspecified atom stereocenters. The second-order valence-corrected chi connectivity index (χ2v) is 9.00. The van der Waals surface area contributed by atoms with Crippen LogP contribution in [-0.2, 0) is 26.1 Å². The van der Waals surface area contributed by atoms with Crippen LogP contribution < -0.4 is 11.2 Å². The predicted octanol–water partition coefficient (Wildman–Crippen LogP) is 3.64. The Hall–Kier alpha value is -4.34. The number of tetrazole rings is 1. The lowest BCUT2D eigenvalue weighted by Crippen LogP contribution is -2.40. The first kappa shape index (κ1) is 24.4. The predicted molar refractivity (Wildman–Crippen MR) is 142 cm³/mol. The van der Waals surface area contributed by atoms with Crippen LogP contribution in [0.25, 0.3) is 33.7 Å². The van der Waals surface area contributed by atoms with E-state index in [0.29, 0.717) is 36.6 Å². The van der Waals surface area contributed by atoms with Gasteiger partial charge in [0.25, 0.3) is 5.56 Å². The molecular weight excluding hydrogens is 468 g/mol. The van der Waals surface area contributed by atoms with Crippen LogP contribution in [0, 0.1) is 0 Å². The molecule has 0 bridgehead atoms. The van der Waals surface area contributed by atoms with Gasteiger partial charge in [-0.1, -0.05) is 62.4 Å². The van der Waals surface area contributed by atoms with Crippen LogP contribution in [0.5, 0.6) is 0 Å². The molecule has 0 aliphatic carbocycles. The van der Waals surface area contributed by atoms with E-state index in [1.807, 2.05) is 42.7 Å². The Labute approximate surface area is 213 Å². The Morgan fingerprint density at radius 2 is 1.62 bits per heavy atom. The number of hydrogen-bond acceptors (Lipinski definition) is 6. The first-order valence-corrected chi connectivity index (χ1v) is 12.7. The molecule has 0 radical (unpaired) electrons. The fourth-order valence-corrected chi connectivity index (χ4v) is 4.80. The third kappa shape index (κ3) is 4.39. The van der Waals surface area contributed by atoms with Gasteiger partial charge in [-0.3, -0.25) is 13.9 Å². The molecular formula is C27H30N8O2. The van der Waals surface area contributed by atoms with E-state index >= 15 is 0 Å². The smallest absolute Gasteiger partial charge is 0.318 e. The van der Waals surface area contributed by atoms with E-state index in [-0.39, 0.29) is 11.2 Å². The summed E-state index contributed by atoms with van der Waals surface area (Å²) in [5, 5.41) is 14.5. The molecule has 0 aliphatic rings. The van der Waals surface area contributed by atoms with E-state index in [4.69, 9.17) is 4.98 Å². The molecule has 2 aromatic carbocycles. The number of imidazole rings is 1. The average Bonchev–Trinajstić information content (AvgIpc) is 3.57. The van der Waals surface area contributed by atoms with E-state index in [1.165, 1.54) is 4.57 Å². The van der Waals surface area contributed by atoms with Gasteiger partial charge in [0.15, 0.2) is 11.2 Å². The molecule has 0 atom stereocenters. The summed E-state index contributed by atoms with van der Waals surface area (Å²) in [7, 11) is 0. The number of nitrogens with zero attached hydrogens (tertiary/aromatic N) is 7. The van der Waals surface area contributed by atoms with Gasteiger partial charge >= 0.3 is 5.69 Å². The quantitative estimate of drug-likeness (QED) is 0.332. The van der Waals surface area contributed by atoms with Crippen LogP contribution in [0.15, 0.2) is 58.1 Å².